The number of nitrogens with one attached hydrogen (secondary N) is 1. The van der Waals surface area contributed by atoms with Crippen molar-refractivity contribution in [1.29, 1.82) is 0 Å². The number of aliphatic hydroxyl groups is 8. The van der Waals surface area contributed by atoms with Crippen molar-refractivity contribution in [2.75, 3.05) is 19.8 Å². The van der Waals surface area contributed by atoms with Gasteiger partial charge in [-0.3, -0.25) is 4.79 Å². The van der Waals surface area contributed by atoms with E-state index in [0.29, 0.717) is 12.8 Å². The molecule has 12 unspecified atom stereocenters. The first-order valence-electron chi connectivity index (χ1n) is 33.6. The van der Waals surface area contributed by atoms with Gasteiger partial charge in [0.1, 0.15) is 48.8 Å². The van der Waals surface area contributed by atoms with Crippen molar-refractivity contribution in [3.8, 4) is 0 Å². The van der Waals surface area contributed by atoms with Crippen LogP contribution in [0.25, 0.3) is 0 Å². The summed E-state index contributed by atoms with van der Waals surface area (Å²) < 4.78 is 22.8. The molecular weight excluding hydrogens is 1070 g/mol. The van der Waals surface area contributed by atoms with Gasteiger partial charge in [-0.15, -0.1) is 0 Å². The molecule has 0 aromatic heterocycles. The second kappa shape index (κ2) is 54.8. The lowest BCUT2D eigenvalue weighted by Gasteiger charge is -2.46. The highest BCUT2D eigenvalue weighted by molar-refractivity contribution is 5.76. The van der Waals surface area contributed by atoms with Crippen LogP contribution in [-0.4, -0.2) is 140 Å². The van der Waals surface area contributed by atoms with Gasteiger partial charge in [-0.2, -0.15) is 0 Å². The molecule has 0 bridgehead atoms. The summed E-state index contributed by atoms with van der Waals surface area (Å²) >= 11 is 0. The highest BCUT2D eigenvalue weighted by Gasteiger charge is 2.51. The van der Waals surface area contributed by atoms with E-state index >= 15 is 0 Å². The number of aliphatic hydroxyl groups excluding tert-OH is 8. The number of carbonyl (C=O) groups is 1. The molecule has 488 valence electrons. The molecule has 2 aliphatic heterocycles. The quantitative estimate of drug-likeness (QED) is 0.0204. The number of allylic oxidation sites excluding steroid dienone is 17. The number of carbonyl (C=O) groups excluding carboxylic acids is 1. The van der Waals surface area contributed by atoms with E-state index in [-0.39, 0.29) is 18.9 Å². The van der Waals surface area contributed by atoms with E-state index in [0.717, 1.165) is 83.5 Å². The Balaban J connectivity index is 1.68. The molecule has 0 aliphatic carbocycles. The van der Waals surface area contributed by atoms with Crippen LogP contribution in [0.3, 0.4) is 0 Å². The molecular formula is C71H121NO13. The van der Waals surface area contributed by atoms with Gasteiger partial charge in [-0.1, -0.05) is 245 Å². The summed E-state index contributed by atoms with van der Waals surface area (Å²) in [6, 6.07) is -0.945. The molecule has 14 nitrogen and oxygen atoms in total. The predicted octanol–water partition coefficient (Wildman–Crippen LogP) is 13.2. The van der Waals surface area contributed by atoms with Crippen molar-refractivity contribution >= 4 is 5.91 Å². The Labute approximate surface area is 515 Å². The van der Waals surface area contributed by atoms with Gasteiger partial charge in [0, 0.05) is 6.42 Å². The highest BCUT2D eigenvalue weighted by Crippen LogP contribution is 2.30. The lowest BCUT2D eigenvalue weighted by atomic mass is 9.97. The minimum atomic E-state index is -1.80. The molecule has 0 aromatic carbocycles. The number of hydrogen-bond acceptors (Lipinski definition) is 13. The zero-order valence-electron chi connectivity index (χ0n) is 52.8. The molecule has 2 aliphatic rings. The zero-order valence-corrected chi connectivity index (χ0v) is 52.8. The Morgan fingerprint density at radius 2 is 0.824 bits per heavy atom. The van der Waals surface area contributed by atoms with Crippen LogP contribution in [0, 0.1) is 0 Å². The van der Waals surface area contributed by atoms with Gasteiger partial charge >= 0.3 is 0 Å². The minimum absolute atomic E-state index is 0.257. The largest absolute Gasteiger partial charge is 0.394 e. The second-order valence-corrected chi connectivity index (χ2v) is 23.2. The van der Waals surface area contributed by atoms with Gasteiger partial charge in [0.2, 0.25) is 5.91 Å². The maximum Gasteiger partial charge on any atom is 0.220 e. The predicted molar refractivity (Wildman–Crippen MR) is 345 cm³/mol. The summed E-state index contributed by atoms with van der Waals surface area (Å²) in [5.41, 5.74) is 0. The Morgan fingerprint density at radius 1 is 0.435 bits per heavy atom. The summed E-state index contributed by atoms with van der Waals surface area (Å²) in [4.78, 5) is 13.3. The smallest absolute Gasteiger partial charge is 0.220 e. The van der Waals surface area contributed by atoms with E-state index in [4.69, 9.17) is 18.9 Å². The van der Waals surface area contributed by atoms with Gasteiger partial charge in [0.05, 0.1) is 32.0 Å². The Hall–Kier alpha value is -3.35. The molecule has 85 heavy (non-hydrogen) atoms. The summed E-state index contributed by atoms with van der Waals surface area (Å²) in [6.45, 7) is 2.66. The summed E-state index contributed by atoms with van der Waals surface area (Å²) in [6.07, 6.45) is 61.3. The monoisotopic (exact) mass is 1200 g/mol. The molecule has 2 saturated heterocycles. The van der Waals surface area contributed by atoms with E-state index in [2.05, 4.69) is 116 Å². The molecule has 1 amide bonds. The van der Waals surface area contributed by atoms with Crippen molar-refractivity contribution in [3.05, 3.63) is 109 Å². The average molecular weight is 1200 g/mol. The van der Waals surface area contributed by atoms with E-state index in [1.54, 1.807) is 6.08 Å². The third kappa shape index (κ3) is 39.3. The van der Waals surface area contributed by atoms with Crippen LogP contribution in [-0.2, 0) is 23.7 Å². The minimum Gasteiger partial charge on any atom is -0.394 e. The first-order valence-corrected chi connectivity index (χ1v) is 33.6. The molecule has 0 aromatic rings. The fourth-order valence-electron chi connectivity index (χ4n) is 10.3. The molecule has 0 radical (unpaired) electrons. The summed E-state index contributed by atoms with van der Waals surface area (Å²) in [5.74, 6) is -0.257. The molecule has 0 spiro atoms. The van der Waals surface area contributed by atoms with Crippen LogP contribution >= 0.6 is 0 Å². The van der Waals surface area contributed by atoms with Gasteiger partial charge in [-0.25, -0.2) is 0 Å². The Kier molecular flexibility index (Phi) is 50.1. The maximum atomic E-state index is 13.3. The van der Waals surface area contributed by atoms with Crippen LogP contribution in [0.4, 0.5) is 0 Å². The molecule has 2 rings (SSSR count). The number of amides is 1. The van der Waals surface area contributed by atoms with Crippen LogP contribution < -0.4 is 5.32 Å². The second-order valence-electron chi connectivity index (χ2n) is 23.2. The number of rotatable bonds is 53. The molecule has 0 saturated carbocycles. The SMILES string of the molecule is CC/C=C\C/C=C\C/C=C\C/C=C\C/C=C\C/C=C\CCCCCCCCCCCCCCCCC(=O)NC(COC1OC(CO)C(OC2OC(CO)C(O)C(O)C2O)C(O)C1O)C(O)/C=C/CC/C=C/CC/C=C/CCCCCCCCCC. The van der Waals surface area contributed by atoms with Crippen LogP contribution in [0.2, 0.25) is 0 Å². The first kappa shape index (κ1) is 77.7. The molecule has 12 atom stereocenters. The Morgan fingerprint density at radius 3 is 1.29 bits per heavy atom. The van der Waals surface area contributed by atoms with Gasteiger partial charge in [0.15, 0.2) is 12.6 Å². The molecule has 2 heterocycles. The van der Waals surface area contributed by atoms with Crippen molar-refractivity contribution in [1.82, 2.24) is 5.32 Å². The molecule has 14 heteroatoms. The van der Waals surface area contributed by atoms with Crippen LogP contribution in [0.5, 0.6) is 0 Å². The van der Waals surface area contributed by atoms with Crippen LogP contribution in [0.15, 0.2) is 109 Å². The van der Waals surface area contributed by atoms with E-state index < -0.39 is 86.8 Å². The molecule has 9 N–H and O–H groups in total. The lowest BCUT2D eigenvalue weighted by molar-refractivity contribution is -0.359. The topological polar surface area (TPSA) is 228 Å². The third-order valence-corrected chi connectivity index (χ3v) is 15.7. The van der Waals surface area contributed by atoms with Crippen molar-refractivity contribution < 1.29 is 64.6 Å². The van der Waals surface area contributed by atoms with Gasteiger partial charge in [0.25, 0.3) is 0 Å². The summed E-state index contributed by atoms with van der Waals surface area (Å²) in [7, 11) is 0. The van der Waals surface area contributed by atoms with E-state index in [1.807, 2.05) is 6.08 Å². The highest BCUT2D eigenvalue weighted by atomic mass is 16.7. The van der Waals surface area contributed by atoms with Crippen molar-refractivity contribution in [2.24, 2.45) is 0 Å². The normalized spacial score (nSPS) is 24.3. The lowest BCUT2D eigenvalue weighted by Crippen LogP contribution is -2.65. The van der Waals surface area contributed by atoms with Gasteiger partial charge in [-0.05, 0) is 96.3 Å². The fraction of sp³-hybridized carbons (Fsp3) is 0.732. The van der Waals surface area contributed by atoms with Crippen molar-refractivity contribution in [3.63, 3.8) is 0 Å². The van der Waals surface area contributed by atoms with Crippen LogP contribution in [0.1, 0.15) is 239 Å². The first-order chi connectivity index (χ1) is 41.6. The molecule has 2 fully saturated rings. The van der Waals surface area contributed by atoms with Crippen molar-refractivity contribution in [2.45, 2.75) is 312 Å². The number of ether oxygens (including phenoxy) is 4. The number of unbranched alkanes of at least 4 members (excludes halogenated alkanes) is 24. The number of hydrogen-bond donors (Lipinski definition) is 9. The maximum absolute atomic E-state index is 13.3. The van der Waals surface area contributed by atoms with E-state index in [9.17, 15) is 45.6 Å². The summed E-state index contributed by atoms with van der Waals surface area (Å²) in [5, 5.41) is 87.3. The standard InChI is InChI=1S/C71H121NO13/c1-3-5-7-9-11-13-15-17-19-21-23-24-25-26-27-28-29-30-31-32-33-34-35-36-37-39-41-43-45-47-49-51-53-55-63(76)72-59(60(75)54-52-50-48-46-44-42-40-38-22-20-18-16-14-12-10-8-6-4-2)58-82-70-68(81)66(79)69(62(57-74)84-70)85-71-67(80)65(78)64(77)61(56-73)83-71/h5,7,11,13,17,19,22-24,26-27,29-30,38,44,46,52,54,59-62,64-71,73-75,77-81H,3-4,6,8-10,12,14-16,18,20-21,25,28,31-37,39-43,45,47-51,53,55-58H2,1-2H3,(H,72,76)/b7-5-,13-11-,19-17-,24-23-,27-26-,30-29-,38-22+,46-44+,54-52+. The fourth-order valence-corrected chi connectivity index (χ4v) is 10.3. The average Bonchev–Trinajstić information content (AvgIpc) is 3.29. The van der Waals surface area contributed by atoms with E-state index in [1.165, 1.54) is 122 Å². The Bertz CT molecular complexity index is 1840. The van der Waals surface area contributed by atoms with Gasteiger partial charge < -0.3 is 65.1 Å². The third-order valence-electron chi connectivity index (χ3n) is 15.7. The zero-order chi connectivity index (χ0) is 61.6.